The van der Waals surface area contributed by atoms with Crippen LogP contribution in [-0.2, 0) is 10.0 Å². The van der Waals surface area contributed by atoms with E-state index in [1.807, 2.05) is 31.2 Å². The predicted octanol–water partition coefficient (Wildman–Crippen LogP) is 3.39. The van der Waals surface area contributed by atoms with Crippen LogP contribution in [0.15, 0.2) is 54.7 Å². The summed E-state index contributed by atoms with van der Waals surface area (Å²) in [6.45, 7) is 3.37. The molecule has 2 aromatic carbocycles. The van der Waals surface area contributed by atoms with Crippen molar-refractivity contribution in [1.82, 2.24) is 19.4 Å². The molecular formula is C24H27FN4O3S. The van der Waals surface area contributed by atoms with E-state index in [2.05, 4.69) is 9.82 Å². The molecule has 1 amide bonds. The number of rotatable bonds is 6. The fraction of sp³-hybridized carbons (Fsp3) is 0.333. The molecule has 1 unspecified atom stereocenters. The number of aromatic nitrogens is 2. The Labute approximate surface area is 193 Å². The van der Waals surface area contributed by atoms with Crippen LogP contribution in [0.3, 0.4) is 0 Å². The second-order valence-corrected chi connectivity index (χ2v) is 10.4. The number of benzene rings is 2. The maximum atomic E-state index is 13.6. The van der Waals surface area contributed by atoms with Gasteiger partial charge in [-0.3, -0.25) is 4.79 Å². The van der Waals surface area contributed by atoms with Crippen LogP contribution in [0, 0.1) is 18.7 Å². The Morgan fingerprint density at radius 1 is 1.15 bits per heavy atom. The van der Waals surface area contributed by atoms with Crippen molar-refractivity contribution in [3.05, 3.63) is 71.7 Å². The van der Waals surface area contributed by atoms with Crippen molar-refractivity contribution in [3.8, 4) is 16.9 Å². The van der Waals surface area contributed by atoms with Crippen LogP contribution in [0.4, 0.5) is 4.39 Å². The van der Waals surface area contributed by atoms with Crippen molar-refractivity contribution in [1.29, 1.82) is 0 Å². The highest BCUT2D eigenvalue weighted by molar-refractivity contribution is 7.88. The van der Waals surface area contributed by atoms with Gasteiger partial charge in [-0.2, -0.15) is 5.10 Å². The van der Waals surface area contributed by atoms with Gasteiger partial charge in [0.1, 0.15) is 11.5 Å². The van der Waals surface area contributed by atoms with Crippen molar-refractivity contribution in [2.45, 2.75) is 19.8 Å². The zero-order chi connectivity index (χ0) is 23.6. The van der Waals surface area contributed by atoms with Crippen LogP contribution in [0.2, 0.25) is 0 Å². The molecule has 174 valence electrons. The summed E-state index contributed by atoms with van der Waals surface area (Å²) in [5.74, 6) is -0.446. The number of hydrogen-bond acceptors (Lipinski definition) is 4. The van der Waals surface area contributed by atoms with E-state index in [0.29, 0.717) is 36.6 Å². The molecule has 33 heavy (non-hydrogen) atoms. The predicted molar refractivity (Wildman–Crippen MR) is 125 cm³/mol. The normalized spacial score (nSPS) is 16.7. The average Bonchev–Trinajstić information content (AvgIpc) is 3.23. The summed E-state index contributed by atoms with van der Waals surface area (Å²) in [4.78, 5) is 15.3. The number of aryl methyl sites for hydroxylation is 1. The van der Waals surface area contributed by atoms with Crippen molar-refractivity contribution >= 4 is 15.9 Å². The molecule has 1 aliphatic rings. The van der Waals surface area contributed by atoms with Gasteiger partial charge in [-0.25, -0.2) is 22.2 Å². The molecule has 7 nitrogen and oxygen atoms in total. The number of carbonyl (C=O) groups excluding carboxylic acids is 1. The Kier molecular flexibility index (Phi) is 6.62. The molecule has 1 fully saturated rings. The highest BCUT2D eigenvalue weighted by Gasteiger charge is 2.28. The molecule has 1 saturated heterocycles. The molecule has 1 aliphatic heterocycles. The van der Waals surface area contributed by atoms with E-state index < -0.39 is 10.0 Å². The van der Waals surface area contributed by atoms with E-state index in [9.17, 15) is 17.6 Å². The summed E-state index contributed by atoms with van der Waals surface area (Å²) in [6.07, 6.45) is 4.47. The molecule has 0 bridgehead atoms. The number of likely N-dealkylation sites (tertiary alicyclic amines) is 1. The number of nitrogens with one attached hydrogen (secondary N) is 1. The molecule has 1 aromatic heterocycles. The second-order valence-electron chi connectivity index (χ2n) is 8.56. The lowest BCUT2D eigenvalue weighted by Crippen LogP contribution is -2.43. The third kappa shape index (κ3) is 5.66. The largest absolute Gasteiger partial charge is 0.338 e. The van der Waals surface area contributed by atoms with Gasteiger partial charge in [0.25, 0.3) is 5.91 Å². The first-order chi connectivity index (χ1) is 15.7. The fourth-order valence-corrected chi connectivity index (χ4v) is 4.58. The molecule has 1 atom stereocenters. The van der Waals surface area contributed by atoms with Gasteiger partial charge in [0.2, 0.25) is 10.0 Å². The van der Waals surface area contributed by atoms with Crippen LogP contribution in [-0.4, -0.2) is 54.9 Å². The van der Waals surface area contributed by atoms with E-state index in [0.717, 1.165) is 30.2 Å². The number of nitrogens with zero attached hydrogens (tertiary/aromatic N) is 3. The molecule has 0 aliphatic carbocycles. The lowest BCUT2D eigenvalue weighted by Gasteiger charge is -2.32. The molecule has 0 saturated carbocycles. The third-order valence-corrected chi connectivity index (χ3v) is 6.49. The van der Waals surface area contributed by atoms with Gasteiger partial charge in [0, 0.05) is 31.4 Å². The molecule has 3 aromatic rings. The summed E-state index contributed by atoms with van der Waals surface area (Å²) in [5.41, 5.74) is 3.58. The zero-order valence-electron chi connectivity index (χ0n) is 18.7. The van der Waals surface area contributed by atoms with Crippen molar-refractivity contribution in [2.24, 2.45) is 5.92 Å². The maximum absolute atomic E-state index is 13.6. The van der Waals surface area contributed by atoms with Gasteiger partial charge in [-0.05, 0) is 49.9 Å². The molecule has 2 heterocycles. The lowest BCUT2D eigenvalue weighted by atomic mass is 9.97. The summed E-state index contributed by atoms with van der Waals surface area (Å²) >= 11 is 0. The smallest absolute Gasteiger partial charge is 0.257 e. The fourth-order valence-electron chi connectivity index (χ4n) is 4.04. The first-order valence-corrected chi connectivity index (χ1v) is 12.8. The Bertz CT molecular complexity index is 1240. The highest BCUT2D eigenvalue weighted by Crippen LogP contribution is 2.27. The minimum absolute atomic E-state index is 0.0485. The van der Waals surface area contributed by atoms with Gasteiger partial charge in [0.05, 0.1) is 17.5 Å². The van der Waals surface area contributed by atoms with E-state index in [1.54, 1.807) is 27.9 Å². The van der Waals surface area contributed by atoms with E-state index in [4.69, 9.17) is 0 Å². The summed E-state index contributed by atoms with van der Waals surface area (Å²) < 4.78 is 40.5. The Morgan fingerprint density at radius 3 is 2.52 bits per heavy atom. The molecule has 9 heteroatoms. The van der Waals surface area contributed by atoms with Gasteiger partial charge < -0.3 is 4.90 Å². The van der Waals surface area contributed by atoms with Gasteiger partial charge >= 0.3 is 0 Å². The van der Waals surface area contributed by atoms with E-state index >= 15 is 0 Å². The molecule has 0 spiro atoms. The highest BCUT2D eigenvalue weighted by atomic mass is 32.2. The average molecular weight is 471 g/mol. The standard InChI is InChI=1S/C24H27FN4O3S/c1-17-5-7-19(8-6-17)23-22(16-29(27-23)21-11-9-20(25)10-12-21)24(30)28-13-3-4-18(15-28)14-26-33(2,31)32/h5-12,16,18,26H,3-4,13-15H2,1-2H3. The van der Waals surface area contributed by atoms with Gasteiger partial charge in [-0.1, -0.05) is 29.8 Å². The number of carbonyl (C=O) groups is 1. The van der Waals surface area contributed by atoms with Crippen LogP contribution < -0.4 is 4.72 Å². The van der Waals surface area contributed by atoms with Gasteiger partial charge in [-0.15, -0.1) is 0 Å². The lowest BCUT2D eigenvalue weighted by molar-refractivity contribution is 0.0677. The summed E-state index contributed by atoms with van der Waals surface area (Å²) in [5, 5.41) is 4.67. The molecule has 1 N–H and O–H groups in total. The van der Waals surface area contributed by atoms with Crippen LogP contribution >= 0.6 is 0 Å². The molecular weight excluding hydrogens is 443 g/mol. The topological polar surface area (TPSA) is 84.3 Å². The Hall–Kier alpha value is -3.04. The number of halogens is 1. The van der Waals surface area contributed by atoms with Crippen molar-refractivity contribution in [3.63, 3.8) is 0 Å². The Morgan fingerprint density at radius 2 is 1.85 bits per heavy atom. The van der Waals surface area contributed by atoms with Crippen molar-refractivity contribution in [2.75, 3.05) is 25.9 Å². The third-order valence-electron chi connectivity index (χ3n) is 5.80. The van der Waals surface area contributed by atoms with E-state index in [1.165, 1.54) is 12.1 Å². The monoisotopic (exact) mass is 470 g/mol. The SMILES string of the molecule is Cc1ccc(-c2nn(-c3ccc(F)cc3)cc2C(=O)N2CCCC(CNS(C)(=O)=O)C2)cc1. The zero-order valence-corrected chi connectivity index (χ0v) is 19.5. The number of sulfonamides is 1. The second kappa shape index (κ2) is 9.44. The van der Waals surface area contributed by atoms with Crippen molar-refractivity contribution < 1.29 is 17.6 Å². The number of amides is 1. The number of hydrogen-bond donors (Lipinski definition) is 1. The minimum Gasteiger partial charge on any atom is -0.338 e. The maximum Gasteiger partial charge on any atom is 0.257 e. The summed E-state index contributed by atoms with van der Waals surface area (Å²) in [6, 6.07) is 13.7. The van der Waals surface area contributed by atoms with Crippen LogP contribution in [0.1, 0.15) is 28.8 Å². The first-order valence-electron chi connectivity index (χ1n) is 10.9. The van der Waals surface area contributed by atoms with Gasteiger partial charge in [0.15, 0.2) is 0 Å². The molecule has 0 radical (unpaired) electrons. The first kappa shape index (κ1) is 23.1. The Balaban J connectivity index is 1.65. The van der Waals surface area contributed by atoms with Crippen LogP contribution in [0.25, 0.3) is 16.9 Å². The summed E-state index contributed by atoms with van der Waals surface area (Å²) in [7, 11) is -3.28. The minimum atomic E-state index is -3.28. The quantitative estimate of drug-likeness (QED) is 0.599. The van der Waals surface area contributed by atoms with E-state index in [-0.39, 0.29) is 17.6 Å². The number of piperidine rings is 1. The van der Waals surface area contributed by atoms with Crippen LogP contribution in [0.5, 0.6) is 0 Å². The molecule has 4 rings (SSSR count).